The van der Waals surface area contributed by atoms with Gasteiger partial charge in [-0.2, -0.15) is 5.26 Å². The van der Waals surface area contributed by atoms with Crippen LogP contribution in [-0.4, -0.2) is 6.54 Å². The smallest absolute Gasteiger partial charge is 0.0671 e. The Bertz CT molecular complexity index is 355. The minimum absolute atomic E-state index is 0.0484. The summed E-state index contributed by atoms with van der Waals surface area (Å²) in [7, 11) is 0. The summed E-state index contributed by atoms with van der Waals surface area (Å²) in [5.41, 5.74) is 2.34. The highest BCUT2D eigenvalue weighted by atomic mass is 127. The molecular formula is C11H13IN2. The van der Waals surface area contributed by atoms with E-state index in [4.69, 9.17) is 5.26 Å². The van der Waals surface area contributed by atoms with Crippen molar-refractivity contribution in [3.8, 4) is 6.07 Å². The van der Waals surface area contributed by atoms with Gasteiger partial charge in [0.15, 0.2) is 0 Å². The molecule has 0 fully saturated rings. The lowest BCUT2D eigenvalue weighted by atomic mass is 10.1. The van der Waals surface area contributed by atoms with E-state index < -0.39 is 0 Å². The van der Waals surface area contributed by atoms with Gasteiger partial charge in [0.05, 0.1) is 12.0 Å². The van der Waals surface area contributed by atoms with Crippen molar-refractivity contribution in [2.75, 3.05) is 11.9 Å². The molecule has 1 aromatic rings. The van der Waals surface area contributed by atoms with Crippen LogP contribution in [0.5, 0.6) is 0 Å². The number of hydrogen-bond acceptors (Lipinski definition) is 2. The number of nitrogens with one attached hydrogen (secondary N) is 1. The number of nitrogens with zero attached hydrogens (tertiary/aromatic N) is 1. The highest BCUT2D eigenvalue weighted by molar-refractivity contribution is 14.1. The van der Waals surface area contributed by atoms with Crippen LogP contribution >= 0.6 is 22.6 Å². The zero-order valence-electron chi connectivity index (χ0n) is 8.34. The second-order valence-corrected chi connectivity index (χ2v) is 4.62. The zero-order chi connectivity index (χ0) is 10.6. The molecule has 0 aliphatic carbocycles. The molecule has 1 unspecified atom stereocenters. The molecule has 0 radical (unpaired) electrons. The third-order valence-corrected chi connectivity index (χ3v) is 2.69. The van der Waals surface area contributed by atoms with E-state index in [1.54, 1.807) is 0 Å². The van der Waals surface area contributed by atoms with Crippen LogP contribution in [0.25, 0.3) is 0 Å². The van der Waals surface area contributed by atoms with Crippen LogP contribution < -0.4 is 5.32 Å². The van der Waals surface area contributed by atoms with Crippen LogP contribution in [0.1, 0.15) is 12.5 Å². The molecule has 0 amide bonds. The molecule has 1 aromatic carbocycles. The van der Waals surface area contributed by atoms with Gasteiger partial charge in [0, 0.05) is 15.8 Å². The largest absolute Gasteiger partial charge is 0.383 e. The Labute approximate surface area is 98.5 Å². The first kappa shape index (κ1) is 11.3. The Morgan fingerprint density at radius 1 is 1.57 bits per heavy atom. The molecule has 74 valence electrons. The third-order valence-electron chi connectivity index (χ3n) is 2.02. The molecule has 0 spiro atoms. The lowest BCUT2D eigenvalue weighted by Crippen LogP contribution is -2.10. The van der Waals surface area contributed by atoms with E-state index in [0.717, 1.165) is 5.69 Å². The van der Waals surface area contributed by atoms with E-state index in [2.05, 4.69) is 59.1 Å². The molecule has 0 aliphatic rings. The maximum absolute atomic E-state index is 8.65. The van der Waals surface area contributed by atoms with Crippen LogP contribution in [-0.2, 0) is 0 Å². The van der Waals surface area contributed by atoms with E-state index in [0.29, 0.717) is 6.54 Å². The van der Waals surface area contributed by atoms with Crippen LogP contribution in [0.3, 0.4) is 0 Å². The van der Waals surface area contributed by atoms with Crippen LogP contribution in [0.4, 0.5) is 5.69 Å². The molecular weight excluding hydrogens is 287 g/mol. The Kier molecular flexibility index (Phi) is 4.21. The van der Waals surface area contributed by atoms with Crippen molar-refractivity contribution in [3.63, 3.8) is 0 Å². The molecule has 0 saturated heterocycles. The summed E-state index contributed by atoms with van der Waals surface area (Å²) < 4.78 is 1.21. The van der Waals surface area contributed by atoms with Gasteiger partial charge in [0.25, 0.3) is 0 Å². The first-order valence-electron chi connectivity index (χ1n) is 4.53. The van der Waals surface area contributed by atoms with E-state index in [1.165, 1.54) is 9.13 Å². The van der Waals surface area contributed by atoms with Crippen LogP contribution in [0.15, 0.2) is 18.2 Å². The van der Waals surface area contributed by atoms with Crippen LogP contribution in [0, 0.1) is 27.7 Å². The van der Waals surface area contributed by atoms with Crippen molar-refractivity contribution in [1.29, 1.82) is 5.26 Å². The standard InChI is InChI=1S/C11H13IN2/c1-8(6-13)7-14-11-5-10(12)4-3-9(11)2/h3-5,8,14H,7H2,1-2H3. The maximum Gasteiger partial charge on any atom is 0.0671 e. The first-order valence-corrected chi connectivity index (χ1v) is 5.61. The second kappa shape index (κ2) is 5.20. The highest BCUT2D eigenvalue weighted by Gasteiger charge is 2.01. The molecule has 3 heteroatoms. The SMILES string of the molecule is Cc1ccc(I)cc1NCC(C)C#N. The fourth-order valence-electron chi connectivity index (χ4n) is 1.09. The number of nitriles is 1. The van der Waals surface area contributed by atoms with Crippen molar-refractivity contribution in [3.05, 3.63) is 27.3 Å². The van der Waals surface area contributed by atoms with E-state index in [1.807, 2.05) is 6.92 Å². The molecule has 14 heavy (non-hydrogen) atoms. The van der Waals surface area contributed by atoms with E-state index in [9.17, 15) is 0 Å². The molecule has 0 saturated carbocycles. The number of benzene rings is 1. The minimum Gasteiger partial charge on any atom is -0.383 e. The highest BCUT2D eigenvalue weighted by Crippen LogP contribution is 2.18. The monoisotopic (exact) mass is 300 g/mol. The van der Waals surface area contributed by atoms with Gasteiger partial charge in [0.1, 0.15) is 0 Å². The number of anilines is 1. The topological polar surface area (TPSA) is 35.8 Å². The Hall–Kier alpha value is -0.760. The lowest BCUT2D eigenvalue weighted by Gasteiger charge is -2.10. The van der Waals surface area contributed by atoms with Crippen molar-refractivity contribution in [2.24, 2.45) is 5.92 Å². The predicted octanol–water partition coefficient (Wildman–Crippen LogP) is 3.17. The number of hydrogen-bond donors (Lipinski definition) is 1. The first-order chi connectivity index (χ1) is 6.63. The van der Waals surface area contributed by atoms with Crippen molar-refractivity contribution >= 4 is 28.3 Å². The average Bonchev–Trinajstić information content (AvgIpc) is 2.19. The molecule has 1 atom stereocenters. The van der Waals surface area contributed by atoms with E-state index >= 15 is 0 Å². The van der Waals surface area contributed by atoms with Gasteiger partial charge >= 0.3 is 0 Å². The normalized spacial score (nSPS) is 11.9. The van der Waals surface area contributed by atoms with Crippen LogP contribution in [0.2, 0.25) is 0 Å². The summed E-state index contributed by atoms with van der Waals surface area (Å²) in [5, 5.41) is 11.9. The fraction of sp³-hybridized carbons (Fsp3) is 0.364. The van der Waals surface area contributed by atoms with Gasteiger partial charge in [0.2, 0.25) is 0 Å². The molecule has 1 rings (SSSR count). The summed E-state index contributed by atoms with van der Waals surface area (Å²) in [5.74, 6) is 0.0484. The molecule has 0 aliphatic heterocycles. The Balaban J connectivity index is 2.67. The number of halogens is 1. The molecule has 1 N–H and O–H groups in total. The van der Waals surface area contributed by atoms with Gasteiger partial charge in [-0.3, -0.25) is 0 Å². The van der Waals surface area contributed by atoms with Gasteiger partial charge < -0.3 is 5.32 Å². The number of rotatable bonds is 3. The Morgan fingerprint density at radius 3 is 2.93 bits per heavy atom. The van der Waals surface area contributed by atoms with Crippen molar-refractivity contribution < 1.29 is 0 Å². The maximum atomic E-state index is 8.65. The molecule has 0 heterocycles. The number of aryl methyl sites for hydroxylation is 1. The predicted molar refractivity (Wildman–Crippen MR) is 67.2 cm³/mol. The van der Waals surface area contributed by atoms with Gasteiger partial charge in [-0.15, -0.1) is 0 Å². The van der Waals surface area contributed by atoms with E-state index in [-0.39, 0.29) is 5.92 Å². The zero-order valence-corrected chi connectivity index (χ0v) is 10.5. The van der Waals surface area contributed by atoms with Crippen molar-refractivity contribution in [1.82, 2.24) is 0 Å². The molecule has 0 aromatic heterocycles. The summed E-state index contributed by atoms with van der Waals surface area (Å²) in [4.78, 5) is 0. The Morgan fingerprint density at radius 2 is 2.29 bits per heavy atom. The lowest BCUT2D eigenvalue weighted by molar-refractivity contribution is 0.785. The summed E-state index contributed by atoms with van der Waals surface area (Å²) in [6, 6.07) is 8.46. The molecule has 0 bridgehead atoms. The minimum atomic E-state index is 0.0484. The second-order valence-electron chi connectivity index (χ2n) is 3.37. The van der Waals surface area contributed by atoms with Gasteiger partial charge in [-0.1, -0.05) is 6.07 Å². The average molecular weight is 300 g/mol. The fourth-order valence-corrected chi connectivity index (χ4v) is 1.58. The summed E-state index contributed by atoms with van der Waals surface area (Å²) in [6.45, 7) is 4.68. The quantitative estimate of drug-likeness (QED) is 0.870. The van der Waals surface area contributed by atoms with Gasteiger partial charge in [-0.25, -0.2) is 0 Å². The van der Waals surface area contributed by atoms with Crippen molar-refractivity contribution in [2.45, 2.75) is 13.8 Å². The molecule has 2 nitrogen and oxygen atoms in total. The third kappa shape index (κ3) is 3.18. The summed E-state index contributed by atoms with van der Waals surface area (Å²) in [6.07, 6.45) is 0. The van der Waals surface area contributed by atoms with Gasteiger partial charge in [-0.05, 0) is 54.1 Å². The summed E-state index contributed by atoms with van der Waals surface area (Å²) >= 11 is 2.28.